The smallest absolute Gasteiger partial charge is 0.317 e. The zero-order valence-electron chi connectivity index (χ0n) is 36.8. The molecule has 6 amide bonds. The largest absolute Gasteiger partial charge is 0.508 e. The van der Waals surface area contributed by atoms with Gasteiger partial charge in [0.15, 0.2) is 5.96 Å². The summed E-state index contributed by atoms with van der Waals surface area (Å²) in [6, 6.07) is 14.9. The van der Waals surface area contributed by atoms with Gasteiger partial charge in [-0.2, -0.15) is 0 Å². The predicted molar refractivity (Wildman–Crippen MR) is 244 cm³/mol. The molecule has 0 spiro atoms. The van der Waals surface area contributed by atoms with Gasteiger partial charge >= 0.3 is 5.97 Å². The highest BCUT2D eigenvalue weighted by atomic mass is 16.4. The molecule has 0 saturated carbocycles. The number of nitrogens with one attached hydrogen (secondary N) is 7. The first kappa shape index (κ1) is 50.8. The summed E-state index contributed by atoms with van der Waals surface area (Å²) in [6.45, 7) is 2.41. The van der Waals surface area contributed by atoms with Crippen LogP contribution in [0.4, 0.5) is 0 Å². The van der Waals surface area contributed by atoms with Crippen LogP contribution < -0.4 is 48.7 Å². The fourth-order valence-corrected chi connectivity index (χ4v) is 7.21. The Morgan fingerprint density at radius 2 is 1.40 bits per heavy atom. The minimum absolute atomic E-state index is 0.00487. The molecule has 1 fully saturated rings. The first-order valence-electron chi connectivity index (χ1n) is 21.9. The van der Waals surface area contributed by atoms with E-state index in [2.05, 4.69) is 42.2 Å². The number of aliphatic imine (C=N–C) groups is 1. The molecular formula is C45H63N11O9. The monoisotopic (exact) mass is 901 g/mol. The average molecular weight is 902 g/mol. The minimum atomic E-state index is -1.19. The second kappa shape index (κ2) is 26.7. The first-order valence-corrected chi connectivity index (χ1v) is 21.9. The van der Waals surface area contributed by atoms with Gasteiger partial charge in [-0.05, 0) is 66.6 Å². The number of carbonyl (C=O) groups excluding carboxylic acids is 6. The molecule has 0 bridgehead atoms. The van der Waals surface area contributed by atoms with Gasteiger partial charge in [-0.15, -0.1) is 0 Å². The number of nitrogens with two attached hydrogens (primary N) is 2. The number of aromatic hydroxyl groups is 1. The number of amides is 6. The van der Waals surface area contributed by atoms with E-state index in [1.807, 2.05) is 42.5 Å². The summed E-state index contributed by atoms with van der Waals surface area (Å²) in [4.78, 5) is 98.5. The zero-order chi connectivity index (χ0) is 47.1. The van der Waals surface area contributed by atoms with Crippen molar-refractivity contribution in [3.05, 3.63) is 77.9 Å². The maximum absolute atomic E-state index is 14.6. The number of fused-ring (bicyclic) bond motifs is 1. The van der Waals surface area contributed by atoms with Crippen LogP contribution in [-0.2, 0) is 46.4 Å². The topological polar surface area (TPSA) is 312 Å². The summed E-state index contributed by atoms with van der Waals surface area (Å²) in [5, 5.41) is 40.0. The van der Waals surface area contributed by atoms with Gasteiger partial charge in [-0.25, -0.2) is 0 Å². The quantitative estimate of drug-likeness (QED) is 0.0332. The van der Waals surface area contributed by atoms with Gasteiger partial charge in [-0.3, -0.25) is 38.6 Å². The van der Waals surface area contributed by atoms with Crippen molar-refractivity contribution >= 4 is 58.1 Å². The number of guanidine groups is 1. The highest BCUT2D eigenvalue weighted by molar-refractivity contribution is 5.97. The number of hydrogen-bond donors (Lipinski definition) is 11. The number of phenolic OH excluding ortho intramolecular Hbond substituents is 1. The third kappa shape index (κ3) is 18.1. The molecule has 4 rings (SSSR count). The fraction of sp³-hybridized carbons (Fsp3) is 0.467. The lowest BCUT2D eigenvalue weighted by Gasteiger charge is -2.33. The molecule has 1 aliphatic rings. The normalized spacial score (nSPS) is 18.7. The maximum atomic E-state index is 14.6. The van der Waals surface area contributed by atoms with Crippen LogP contribution in [0.2, 0.25) is 0 Å². The Morgan fingerprint density at radius 3 is 2.12 bits per heavy atom. The van der Waals surface area contributed by atoms with Gasteiger partial charge in [-0.1, -0.05) is 67.4 Å². The van der Waals surface area contributed by atoms with Crippen molar-refractivity contribution in [1.29, 1.82) is 0 Å². The highest BCUT2D eigenvalue weighted by Crippen LogP contribution is 2.18. The Kier molecular flexibility index (Phi) is 20.9. The van der Waals surface area contributed by atoms with E-state index in [0.717, 1.165) is 16.3 Å². The number of carboxylic acid groups (broad SMARTS) is 1. The van der Waals surface area contributed by atoms with Crippen molar-refractivity contribution in [2.75, 3.05) is 52.4 Å². The number of carboxylic acids is 1. The Morgan fingerprint density at radius 1 is 0.738 bits per heavy atom. The number of nitrogens with zero attached hydrogens (tertiary/aromatic N) is 2. The number of carbonyl (C=O) groups is 7. The van der Waals surface area contributed by atoms with Crippen molar-refractivity contribution < 1.29 is 43.8 Å². The Balaban J connectivity index is 1.53. The number of aliphatic carboxylic acids is 1. The summed E-state index contributed by atoms with van der Waals surface area (Å²) >= 11 is 0. The molecule has 0 aliphatic carbocycles. The van der Waals surface area contributed by atoms with E-state index >= 15 is 0 Å². The summed E-state index contributed by atoms with van der Waals surface area (Å²) in [7, 11) is 0. The van der Waals surface area contributed by atoms with Gasteiger partial charge in [0.1, 0.15) is 29.9 Å². The molecule has 1 saturated heterocycles. The SMILES string of the molecule is C[C@@H]1C(=O)N[C@@H](CCCN=C(N)N)C(=O)N[C@@H](Cc2ccc3ccccc3c2)C(=O)NCC(=O)N[C@H](Cc2ccc(O)cc2)C(=O)N1CCCCCCNC(=O)CNCCNCC(=O)O. The molecule has 1 heterocycles. The Labute approximate surface area is 378 Å². The second-order valence-electron chi connectivity index (χ2n) is 15.9. The van der Waals surface area contributed by atoms with Crippen LogP contribution >= 0.6 is 0 Å². The highest BCUT2D eigenvalue weighted by Gasteiger charge is 2.35. The van der Waals surface area contributed by atoms with Crippen LogP contribution in [0.25, 0.3) is 10.8 Å². The average Bonchev–Trinajstić information content (AvgIpc) is 3.27. The van der Waals surface area contributed by atoms with Crippen molar-refractivity contribution in [2.24, 2.45) is 16.5 Å². The number of unbranched alkanes of at least 4 members (excludes halogenated alkanes) is 3. The third-order valence-corrected chi connectivity index (χ3v) is 10.7. The number of benzene rings is 3. The molecule has 352 valence electrons. The maximum Gasteiger partial charge on any atom is 0.317 e. The van der Waals surface area contributed by atoms with E-state index in [-0.39, 0.29) is 69.5 Å². The number of rotatable bonds is 22. The summed E-state index contributed by atoms with van der Waals surface area (Å²) in [5.74, 6) is -4.51. The molecule has 0 unspecified atom stereocenters. The lowest BCUT2D eigenvalue weighted by Crippen LogP contribution is -2.58. The van der Waals surface area contributed by atoms with Crippen LogP contribution in [0, 0.1) is 0 Å². The molecule has 65 heavy (non-hydrogen) atoms. The van der Waals surface area contributed by atoms with E-state index in [0.29, 0.717) is 50.9 Å². The minimum Gasteiger partial charge on any atom is -0.508 e. The van der Waals surface area contributed by atoms with Gasteiger partial charge in [0.05, 0.1) is 19.6 Å². The molecule has 3 aromatic rings. The lowest BCUT2D eigenvalue weighted by molar-refractivity contribution is -0.143. The third-order valence-electron chi connectivity index (χ3n) is 10.7. The van der Waals surface area contributed by atoms with Crippen LogP contribution in [0.3, 0.4) is 0 Å². The molecule has 20 nitrogen and oxygen atoms in total. The standard InChI is InChI=1S/C45H63N11O9/c1-29-41(62)54-35(11-8-19-51-45(46)47)43(64)55-36(25-31-12-15-32-9-4-5-10-33(32)23-31)42(63)52-27-39(59)53-37(24-30-13-16-34(57)17-14-30)44(65)56(29)22-7-3-2-6-18-50-38(58)26-48-20-21-49-28-40(60)61/h4-5,9-10,12-17,23,29,35-37,48-49,57H,2-3,6-8,11,18-22,24-28H2,1H3,(H,50,58)(H,52,63)(H,53,59)(H,54,62)(H,55,64)(H,60,61)(H4,46,47,51)/t29-,35+,36+,37-/m1/s1. The second-order valence-corrected chi connectivity index (χ2v) is 15.9. The van der Waals surface area contributed by atoms with Crippen LogP contribution in [0.15, 0.2) is 71.7 Å². The van der Waals surface area contributed by atoms with Crippen LogP contribution in [0.1, 0.15) is 56.6 Å². The Bertz CT molecular complexity index is 2110. The molecule has 0 radical (unpaired) electrons. The van der Waals surface area contributed by atoms with E-state index in [1.165, 1.54) is 17.0 Å². The predicted octanol–water partition coefficient (Wildman–Crippen LogP) is -0.874. The summed E-state index contributed by atoms with van der Waals surface area (Å²) in [5.41, 5.74) is 12.4. The van der Waals surface area contributed by atoms with Gasteiger partial charge in [0.2, 0.25) is 35.4 Å². The van der Waals surface area contributed by atoms with Crippen molar-refractivity contribution in [1.82, 2.24) is 42.1 Å². The van der Waals surface area contributed by atoms with Gasteiger partial charge in [0, 0.05) is 45.6 Å². The summed E-state index contributed by atoms with van der Waals surface area (Å²) in [6.07, 6.45) is 2.82. The van der Waals surface area contributed by atoms with E-state index in [1.54, 1.807) is 19.1 Å². The van der Waals surface area contributed by atoms with Crippen molar-refractivity contribution in [2.45, 2.75) is 82.5 Å². The van der Waals surface area contributed by atoms with E-state index < -0.39 is 66.2 Å². The number of phenols is 1. The molecule has 20 heteroatoms. The molecule has 0 aromatic heterocycles. The number of hydrogen-bond acceptors (Lipinski definition) is 11. The van der Waals surface area contributed by atoms with Gasteiger partial charge in [0.25, 0.3) is 0 Å². The first-order chi connectivity index (χ1) is 31.2. The molecular weight excluding hydrogens is 839 g/mol. The van der Waals surface area contributed by atoms with Crippen LogP contribution in [-0.4, -0.2) is 139 Å². The molecule has 4 atom stereocenters. The summed E-state index contributed by atoms with van der Waals surface area (Å²) < 4.78 is 0. The van der Waals surface area contributed by atoms with E-state index in [4.69, 9.17) is 16.6 Å². The lowest BCUT2D eigenvalue weighted by atomic mass is 10.0. The van der Waals surface area contributed by atoms with Crippen molar-refractivity contribution in [3.8, 4) is 5.75 Å². The molecule has 13 N–H and O–H groups in total. The fourth-order valence-electron chi connectivity index (χ4n) is 7.21. The van der Waals surface area contributed by atoms with E-state index in [9.17, 15) is 38.7 Å². The zero-order valence-corrected chi connectivity index (χ0v) is 36.8. The Hall–Kier alpha value is -6.80. The molecule has 1 aliphatic heterocycles. The van der Waals surface area contributed by atoms with Gasteiger partial charge < -0.3 is 63.8 Å². The van der Waals surface area contributed by atoms with Crippen LogP contribution in [0.5, 0.6) is 5.75 Å². The molecule has 3 aromatic carbocycles. The van der Waals surface area contributed by atoms with Crippen molar-refractivity contribution in [3.63, 3.8) is 0 Å².